The molecule has 2 aromatic heterocycles. The summed E-state index contributed by atoms with van der Waals surface area (Å²) < 4.78 is 3.32. The van der Waals surface area contributed by atoms with Crippen molar-refractivity contribution in [2.24, 2.45) is 19.8 Å². The van der Waals surface area contributed by atoms with Gasteiger partial charge >= 0.3 is 5.69 Å². The number of imidazole rings is 1. The van der Waals surface area contributed by atoms with Crippen LogP contribution < -0.4 is 11.4 Å². The van der Waals surface area contributed by atoms with E-state index >= 15 is 0 Å². The Bertz CT molecular complexity index is 856. The van der Waals surface area contributed by atoms with Gasteiger partial charge < -0.3 is 5.73 Å². The van der Waals surface area contributed by atoms with Crippen molar-refractivity contribution in [3.05, 3.63) is 56.1 Å². The lowest BCUT2D eigenvalue weighted by molar-refractivity contribution is 0.795. The zero-order valence-electron chi connectivity index (χ0n) is 12.5. The predicted molar refractivity (Wildman–Crippen MR) is 87.9 cm³/mol. The second-order valence-corrected chi connectivity index (χ2v) is 6.48. The normalized spacial score (nSPS) is 13.0. The number of rotatable bonds is 3. The minimum Gasteiger partial charge on any atom is -0.320 e. The van der Waals surface area contributed by atoms with Crippen LogP contribution in [0.2, 0.25) is 0 Å². The Labute approximate surface area is 127 Å². The summed E-state index contributed by atoms with van der Waals surface area (Å²) in [5.74, 6) is 0. The number of hydrogen-bond acceptors (Lipinski definition) is 3. The molecule has 0 bridgehead atoms. The van der Waals surface area contributed by atoms with Crippen molar-refractivity contribution in [3.8, 4) is 0 Å². The Morgan fingerprint density at radius 3 is 2.52 bits per heavy atom. The molecule has 110 valence electrons. The summed E-state index contributed by atoms with van der Waals surface area (Å²) in [6.45, 7) is 2.15. The van der Waals surface area contributed by atoms with Gasteiger partial charge in [-0.25, -0.2) is 4.79 Å². The Morgan fingerprint density at radius 2 is 1.86 bits per heavy atom. The number of fused-ring (bicyclic) bond motifs is 1. The van der Waals surface area contributed by atoms with Crippen LogP contribution in [-0.2, 0) is 20.5 Å². The van der Waals surface area contributed by atoms with Crippen LogP contribution in [0.15, 0.2) is 35.1 Å². The smallest absolute Gasteiger partial charge is 0.320 e. The van der Waals surface area contributed by atoms with Gasteiger partial charge in [0.1, 0.15) is 0 Å². The summed E-state index contributed by atoms with van der Waals surface area (Å²) in [7, 11) is 3.58. The molecule has 0 radical (unpaired) electrons. The summed E-state index contributed by atoms with van der Waals surface area (Å²) in [6, 6.07) is 10.1. The van der Waals surface area contributed by atoms with Gasteiger partial charge in [0.05, 0.1) is 17.1 Å². The fourth-order valence-electron chi connectivity index (χ4n) is 2.63. The molecule has 2 heterocycles. The Hall–Kier alpha value is -1.85. The van der Waals surface area contributed by atoms with Gasteiger partial charge in [-0.2, -0.15) is 0 Å². The average Bonchev–Trinajstić information content (AvgIpc) is 3.07. The number of nitrogens with two attached hydrogens (primary N) is 1. The average molecular weight is 301 g/mol. The van der Waals surface area contributed by atoms with E-state index in [-0.39, 0.29) is 11.7 Å². The van der Waals surface area contributed by atoms with Crippen LogP contribution >= 0.6 is 11.3 Å². The van der Waals surface area contributed by atoms with E-state index in [0.29, 0.717) is 0 Å². The van der Waals surface area contributed by atoms with Gasteiger partial charge in [-0.15, -0.1) is 11.3 Å². The number of aromatic nitrogens is 2. The second-order valence-electron chi connectivity index (χ2n) is 5.28. The Kier molecular flexibility index (Phi) is 3.47. The lowest BCUT2D eigenvalue weighted by Gasteiger charge is -2.10. The number of benzene rings is 1. The van der Waals surface area contributed by atoms with E-state index in [4.69, 9.17) is 5.73 Å². The van der Waals surface area contributed by atoms with Gasteiger partial charge in [0.15, 0.2) is 0 Å². The molecule has 0 aliphatic rings. The lowest BCUT2D eigenvalue weighted by atomic mass is 10.1. The van der Waals surface area contributed by atoms with E-state index in [2.05, 4.69) is 19.1 Å². The minimum atomic E-state index is -0.144. The molecular weight excluding hydrogens is 282 g/mol. The van der Waals surface area contributed by atoms with Crippen LogP contribution in [0.3, 0.4) is 0 Å². The van der Waals surface area contributed by atoms with Crippen molar-refractivity contribution in [2.45, 2.75) is 19.4 Å². The van der Waals surface area contributed by atoms with Crippen molar-refractivity contribution < 1.29 is 0 Å². The Balaban J connectivity index is 2.08. The molecule has 0 fully saturated rings. The SMILES string of the molecule is CCc1ccc(C(N)c2ccc3c(c2)n(C)c(=O)n3C)s1. The molecule has 0 saturated carbocycles. The number of thiophene rings is 1. The van der Waals surface area contributed by atoms with E-state index in [1.165, 1.54) is 4.88 Å². The van der Waals surface area contributed by atoms with E-state index < -0.39 is 0 Å². The van der Waals surface area contributed by atoms with Crippen molar-refractivity contribution >= 4 is 22.4 Å². The van der Waals surface area contributed by atoms with Crippen molar-refractivity contribution in [1.82, 2.24) is 9.13 Å². The maximum absolute atomic E-state index is 12.0. The van der Waals surface area contributed by atoms with Gasteiger partial charge in [-0.3, -0.25) is 9.13 Å². The van der Waals surface area contributed by atoms with Crippen molar-refractivity contribution in [2.75, 3.05) is 0 Å². The van der Waals surface area contributed by atoms with Gasteiger partial charge in [0.25, 0.3) is 0 Å². The highest BCUT2D eigenvalue weighted by molar-refractivity contribution is 7.12. The highest BCUT2D eigenvalue weighted by atomic mass is 32.1. The quantitative estimate of drug-likeness (QED) is 0.808. The van der Waals surface area contributed by atoms with Gasteiger partial charge in [-0.1, -0.05) is 13.0 Å². The van der Waals surface area contributed by atoms with E-state index in [1.807, 2.05) is 18.2 Å². The molecule has 1 unspecified atom stereocenters. The van der Waals surface area contributed by atoms with Crippen LogP contribution in [0.5, 0.6) is 0 Å². The summed E-state index contributed by atoms with van der Waals surface area (Å²) in [5, 5.41) is 0. The number of hydrogen-bond donors (Lipinski definition) is 1. The molecule has 2 N–H and O–H groups in total. The van der Waals surface area contributed by atoms with Gasteiger partial charge in [0, 0.05) is 23.8 Å². The van der Waals surface area contributed by atoms with Crippen LogP contribution in [0.1, 0.15) is 28.3 Å². The molecule has 0 spiro atoms. The molecule has 1 aromatic carbocycles. The summed E-state index contributed by atoms with van der Waals surface area (Å²) in [5.41, 5.74) is 9.26. The summed E-state index contributed by atoms with van der Waals surface area (Å²) in [6.07, 6.45) is 1.03. The molecule has 1 atom stereocenters. The molecule has 3 aromatic rings. The van der Waals surface area contributed by atoms with Crippen LogP contribution in [0.4, 0.5) is 0 Å². The van der Waals surface area contributed by atoms with E-state index in [1.54, 1.807) is 34.6 Å². The van der Waals surface area contributed by atoms with Crippen LogP contribution in [0, 0.1) is 0 Å². The first kappa shape index (κ1) is 14.1. The molecule has 21 heavy (non-hydrogen) atoms. The van der Waals surface area contributed by atoms with Crippen LogP contribution in [-0.4, -0.2) is 9.13 Å². The van der Waals surface area contributed by atoms with E-state index in [9.17, 15) is 4.79 Å². The molecule has 0 aliphatic carbocycles. The molecule has 0 aliphatic heterocycles. The largest absolute Gasteiger partial charge is 0.328 e. The van der Waals surface area contributed by atoms with Crippen LogP contribution in [0.25, 0.3) is 11.0 Å². The number of nitrogens with zero attached hydrogens (tertiary/aromatic N) is 2. The minimum absolute atomic E-state index is 0.0138. The molecular formula is C16H19N3OS. The Morgan fingerprint density at radius 1 is 1.14 bits per heavy atom. The van der Waals surface area contributed by atoms with Crippen molar-refractivity contribution in [1.29, 1.82) is 0 Å². The molecule has 0 amide bonds. The fraction of sp³-hybridized carbons (Fsp3) is 0.312. The van der Waals surface area contributed by atoms with Gasteiger partial charge in [0.2, 0.25) is 0 Å². The maximum Gasteiger partial charge on any atom is 0.328 e. The molecule has 0 saturated heterocycles. The van der Waals surface area contributed by atoms with E-state index in [0.717, 1.165) is 27.9 Å². The maximum atomic E-state index is 12.0. The van der Waals surface area contributed by atoms with Crippen molar-refractivity contribution in [3.63, 3.8) is 0 Å². The fourth-order valence-corrected chi connectivity index (χ4v) is 3.62. The monoisotopic (exact) mass is 301 g/mol. The summed E-state index contributed by atoms with van der Waals surface area (Å²) >= 11 is 1.76. The van der Waals surface area contributed by atoms with Gasteiger partial charge in [-0.05, 0) is 36.2 Å². The third-order valence-corrected chi connectivity index (χ3v) is 5.31. The molecule has 3 rings (SSSR count). The highest BCUT2D eigenvalue weighted by Gasteiger charge is 2.14. The standard InChI is InChI=1S/C16H19N3OS/c1-4-11-6-8-14(21-11)15(17)10-5-7-12-13(9-10)19(3)16(20)18(12)2/h5-9,15H,4,17H2,1-3H3. The third kappa shape index (κ3) is 2.22. The topological polar surface area (TPSA) is 52.9 Å². The summed E-state index contributed by atoms with van der Waals surface area (Å²) in [4.78, 5) is 14.5. The second kappa shape index (κ2) is 5.16. The molecule has 4 nitrogen and oxygen atoms in total. The molecule has 5 heteroatoms. The first-order chi connectivity index (χ1) is 10.0. The number of aryl methyl sites for hydroxylation is 3. The predicted octanol–water partition coefficient (Wildman–Crippen LogP) is 2.55. The zero-order chi connectivity index (χ0) is 15.1. The third-order valence-electron chi connectivity index (χ3n) is 3.99. The highest BCUT2D eigenvalue weighted by Crippen LogP contribution is 2.28. The lowest BCUT2D eigenvalue weighted by Crippen LogP contribution is -2.19. The first-order valence-electron chi connectivity index (χ1n) is 7.02. The first-order valence-corrected chi connectivity index (χ1v) is 7.84. The zero-order valence-corrected chi connectivity index (χ0v) is 13.3.